The summed E-state index contributed by atoms with van der Waals surface area (Å²) >= 11 is 0. The van der Waals surface area contributed by atoms with Crippen molar-refractivity contribution in [2.24, 2.45) is 11.7 Å². The highest BCUT2D eigenvalue weighted by Gasteiger charge is 2.17. The maximum atomic E-state index is 10.3. The summed E-state index contributed by atoms with van der Waals surface area (Å²) in [4.78, 5) is 0. The molecule has 6 nitrogen and oxygen atoms in total. The van der Waals surface area contributed by atoms with Crippen LogP contribution in [0.1, 0.15) is 127 Å². The second-order valence-electron chi connectivity index (χ2n) is 12.2. The zero-order valence-corrected chi connectivity index (χ0v) is 24.8. The van der Waals surface area contributed by atoms with Gasteiger partial charge in [0.15, 0.2) is 0 Å². The molecule has 212 valence electrons. The summed E-state index contributed by atoms with van der Waals surface area (Å²) in [6, 6.07) is 2.68. The Bertz CT molecular complexity index is 491. The molecule has 0 aromatic carbocycles. The molecule has 0 bridgehead atoms. The van der Waals surface area contributed by atoms with Crippen LogP contribution >= 0.6 is 0 Å². The topological polar surface area (TPSA) is 103 Å². The molecule has 0 rings (SSSR count). The van der Waals surface area contributed by atoms with Crippen molar-refractivity contribution < 1.29 is 10.2 Å². The number of hydrogen-bond donors (Lipinski definition) is 6. The molecule has 7 unspecified atom stereocenters. The number of nitrogens with two attached hydrogens (primary N) is 1. The van der Waals surface area contributed by atoms with Gasteiger partial charge in [-0.3, -0.25) is 0 Å². The minimum absolute atomic E-state index is 0.103. The van der Waals surface area contributed by atoms with Gasteiger partial charge in [0.2, 0.25) is 0 Å². The van der Waals surface area contributed by atoms with Crippen LogP contribution in [0.5, 0.6) is 0 Å². The fourth-order valence-electron chi connectivity index (χ4n) is 4.85. The van der Waals surface area contributed by atoms with Crippen LogP contribution in [0.3, 0.4) is 0 Å². The SMILES string of the molecule is CC(N)CCC(O)C(C)N[C@H](C)CCCC(C)NC(C)CCCC(C)N[C@H](C)CCC(O)C(C)C. The van der Waals surface area contributed by atoms with Gasteiger partial charge in [-0.25, -0.2) is 0 Å². The summed E-state index contributed by atoms with van der Waals surface area (Å²) in [6.07, 6.45) is 10.1. The molecule has 0 spiro atoms. The van der Waals surface area contributed by atoms with Gasteiger partial charge in [0.1, 0.15) is 0 Å². The Kier molecular flexibility index (Phi) is 19.7. The highest BCUT2D eigenvalue weighted by atomic mass is 16.3. The van der Waals surface area contributed by atoms with Crippen LogP contribution in [-0.2, 0) is 0 Å². The average molecular weight is 501 g/mol. The van der Waals surface area contributed by atoms with E-state index in [1.165, 1.54) is 32.1 Å². The normalized spacial score (nSPS) is 20.1. The molecule has 0 aliphatic carbocycles. The van der Waals surface area contributed by atoms with E-state index in [-0.39, 0.29) is 24.3 Å². The van der Waals surface area contributed by atoms with Gasteiger partial charge in [-0.15, -0.1) is 0 Å². The van der Waals surface area contributed by atoms with Gasteiger partial charge in [-0.2, -0.15) is 0 Å². The number of aliphatic hydroxyl groups excluding tert-OH is 2. The Labute approximate surface area is 219 Å². The van der Waals surface area contributed by atoms with Gasteiger partial charge in [0.25, 0.3) is 0 Å². The standard InChI is InChI=1S/C29H64N4O2/c1-20(2)28(34)19-17-26(8)32-24(6)13-10-12-22(4)31-23(5)14-11-15-25(7)33-27(9)29(35)18-16-21(3)30/h20-29,31-35H,10-19,30H2,1-9H3/t21?,22?,23?,24?,25-,26-,27?,28?,29?/m1/s1. The highest BCUT2D eigenvalue weighted by molar-refractivity contribution is 4.77. The van der Waals surface area contributed by atoms with E-state index in [2.05, 4.69) is 71.3 Å². The predicted molar refractivity (Wildman–Crippen MR) is 153 cm³/mol. The molecule has 0 fully saturated rings. The lowest BCUT2D eigenvalue weighted by Gasteiger charge is -2.26. The van der Waals surface area contributed by atoms with Crippen LogP contribution in [0.25, 0.3) is 0 Å². The minimum atomic E-state index is -0.330. The predicted octanol–water partition coefficient (Wildman–Crippen LogP) is 4.71. The number of hydrogen-bond acceptors (Lipinski definition) is 6. The monoisotopic (exact) mass is 501 g/mol. The molecule has 0 saturated heterocycles. The molecule has 35 heavy (non-hydrogen) atoms. The second-order valence-corrected chi connectivity index (χ2v) is 12.2. The molecule has 0 saturated carbocycles. The summed E-state index contributed by atoms with van der Waals surface area (Å²) in [7, 11) is 0. The average Bonchev–Trinajstić information content (AvgIpc) is 2.75. The summed E-state index contributed by atoms with van der Waals surface area (Å²) in [5.41, 5.74) is 5.81. The van der Waals surface area contributed by atoms with Crippen molar-refractivity contribution in [3.05, 3.63) is 0 Å². The summed E-state index contributed by atoms with van der Waals surface area (Å²) < 4.78 is 0. The first kappa shape index (κ1) is 34.8. The lowest BCUT2D eigenvalue weighted by molar-refractivity contribution is 0.110. The minimum Gasteiger partial charge on any atom is -0.393 e. The van der Waals surface area contributed by atoms with E-state index in [4.69, 9.17) is 5.73 Å². The highest BCUT2D eigenvalue weighted by Crippen LogP contribution is 2.13. The molecule has 0 aromatic heterocycles. The zero-order valence-electron chi connectivity index (χ0n) is 24.8. The van der Waals surface area contributed by atoms with Gasteiger partial charge < -0.3 is 31.9 Å². The van der Waals surface area contributed by atoms with E-state index < -0.39 is 0 Å². The number of nitrogens with one attached hydrogen (secondary N) is 3. The number of aliphatic hydroxyl groups is 2. The smallest absolute Gasteiger partial charge is 0.0691 e. The van der Waals surface area contributed by atoms with Crippen molar-refractivity contribution in [3.8, 4) is 0 Å². The molecule has 7 N–H and O–H groups in total. The van der Waals surface area contributed by atoms with Gasteiger partial charge in [0, 0.05) is 42.3 Å². The third kappa shape index (κ3) is 19.5. The lowest BCUT2D eigenvalue weighted by atomic mass is 9.99. The molecule has 0 aromatic rings. The van der Waals surface area contributed by atoms with Gasteiger partial charge in [-0.05, 0) is 106 Å². The van der Waals surface area contributed by atoms with Crippen molar-refractivity contribution in [1.29, 1.82) is 0 Å². The Balaban J connectivity index is 3.93. The third-order valence-electron chi connectivity index (χ3n) is 7.39. The Hall–Kier alpha value is -0.240. The molecule has 0 amide bonds. The van der Waals surface area contributed by atoms with Crippen LogP contribution in [0.2, 0.25) is 0 Å². The Morgan fingerprint density at radius 1 is 0.486 bits per heavy atom. The first-order valence-electron chi connectivity index (χ1n) is 14.7. The van der Waals surface area contributed by atoms with E-state index in [0.717, 1.165) is 32.1 Å². The van der Waals surface area contributed by atoms with Crippen molar-refractivity contribution in [2.75, 3.05) is 0 Å². The van der Waals surface area contributed by atoms with Crippen LogP contribution in [-0.4, -0.2) is 64.7 Å². The van der Waals surface area contributed by atoms with Crippen LogP contribution in [0, 0.1) is 5.92 Å². The Morgan fingerprint density at radius 3 is 1.26 bits per heavy atom. The van der Waals surface area contributed by atoms with Crippen molar-refractivity contribution in [1.82, 2.24) is 16.0 Å². The van der Waals surface area contributed by atoms with E-state index >= 15 is 0 Å². The lowest BCUT2D eigenvalue weighted by Crippen LogP contribution is -2.43. The summed E-state index contributed by atoms with van der Waals surface area (Å²) in [5, 5.41) is 31.3. The van der Waals surface area contributed by atoms with Crippen LogP contribution in [0.4, 0.5) is 0 Å². The fourth-order valence-corrected chi connectivity index (χ4v) is 4.85. The molecule has 0 aliphatic heterocycles. The largest absolute Gasteiger partial charge is 0.393 e. The maximum absolute atomic E-state index is 10.3. The van der Waals surface area contributed by atoms with Gasteiger partial charge in [-0.1, -0.05) is 26.7 Å². The molecular weight excluding hydrogens is 436 g/mol. The van der Waals surface area contributed by atoms with Crippen LogP contribution in [0.15, 0.2) is 0 Å². The third-order valence-corrected chi connectivity index (χ3v) is 7.39. The van der Waals surface area contributed by atoms with E-state index in [9.17, 15) is 10.2 Å². The summed E-state index contributed by atoms with van der Waals surface area (Å²) in [6.45, 7) is 19.6. The Morgan fingerprint density at radius 2 is 0.857 bits per heavy atom. The molecule has 0 heterocycles. The van der Waals surface area contributed by atoms with Gasteiger partial charge >= 0.3 is 0 Å². The van der Waals surface area contributed by atoms with E-state index in [1.807, 2.05) is 6.92 Å². The van der Waals surface area contributed by atoms with Gasteiger partial charge in [0.05, 0.1) is 12.2 Å². The molecule has 6 heteroatoms. The zero-order chi connectivity index (χ0) is 27.0. The van der Waals surface area contributed by atoms with Crippen molar-refractivity contribution in [3.63, 3.8) is 0 Å². The van der Waals surface area contributed by atoms with Crippen molar-refractivity contribution in [2.45, 2.75) is 181 Å². The first-order chi connectivity index (χ1) is 16.3. The van der Waals surface area contributed by atoms with Crippen LogP contribution < -0.4 is 21.7 Å². The molecule has 0 radical (unpaired) electrons. The molecular formula is C29H64N4O2. The number of rotatable bonds is 22. The molecule has 9 atom stereocenters. The quantitative estimate of drug-likeness (QED) is 0.129. The first-order valence-corrected chi connectivity index (χ1v) is 14.7. The summed E-state index contributed by atoms with van der Waals surface area (Å²) in [5.74, 6) is 0.342. The van der Waals surface area contributed by atoms with Crippen molar-refractivity contribution >= 4 is 0 Å². The second kappa shape index (κ2) is 19.8. The van der Waals surface area contributed by atoms with E-state index in [0.29, 0.717) is 36.1 Å². The maximum Gasteiger partial charge on any atom is 0.0691 e. The van der Waals surface area contributed by atoms with E-state index in [1.54, 1.807) is 0 Å². The fraction of sp³-hybridized carbons (Fsp3) is 1.00. The molecule has 0 aliphatic rings.